The van der Waals surface area contributed by atoms with Crippen LogP contribution in [0.5, 0.6) is 11.5 Å². The van der Waals surface area contributed by atoms with Crippen molar-refractivity contribution in [3.8, 4) is 11.5 Å². The first-order valence-electron chi connectivity index (χ1n) is 5.71. The number of aromatic nitrogens is 1. The van der Waals surface area contributed by atoms with E-state index >= 15 is 0 Å². The molecule has 17 heavy (non-hydrogen) atoms. The minimum atomic E-state index is -1.26. The van der Waals surface area contributed by atoms with Crippen LogP contribution in [0.1, 0.15) is 43.1 Å². The van der Waals surface area contributed by atoms with Crippen molar-refractivity contribution in [2.24, 2.45) is 0 Å². The molecule has 0 aromatic carbocycles. The average molecular weight is 239 g/mol. The van der Waals surface area contributed by atoms with E-state index in [-0.39, 0.29) is 11.4 Å². The first kappa shape index (κ1) is 13.3. The number of hydrogen-bond donors (Lipinski definition) is 2. The van der Waals surface area contributed by atoms with Crippen LogP contribution in [0.3, 0.4) is 0 Å². The molecular formula is C12H17NO4. The number of ether oxygens (including phenoxy) is 1. The van der Waals surface area contributed by atoms with E-state index in [0.717, 1.165) is 25.7 Å². The van der Waals surface area contributed by atoms with Gasteiger partial charge in [-0.05, 0) is 6.42 Å². The highest BCUT2D eigenvalue weighted by atomic mass is 16.5. The summed E-state index contributed by atoms with van der Waals surface area (Å²) in [5.74, 6) is -1.50. The van der Waals surface area contributed by atoms with Gasteiger partial charge in [-0.15, -0.1) is 0 Å². The van der Waals surface area contributed by atoms with Gasteiger partial charge >= 0.3 is 5.97 Å². The van der Waals surface area contributed by atoms with Crippen LogP contribution in [0, 0.1) is 0 Å². The summed E-state index contributed by atoms with van der Waals surface area (Å²) in [6.07, 6.45) is 5.55. The van der Waals surface area contributed by atoms with Gasteiger partial charge in [-0.2, -0.15) is 0 Å². The maximum atomic E-state index is 10.7. The minimum absolute atomic E-state index is 0.175. The molecule has 5 heteroatoms. The lowest BCUT2D eigenvalue weighted by molar-refractivity contribution is 0.0686. The molecule has 0 atom stereocenters. The molecule has 0 aliphatic rings. The van der Waals surface area contributed by atoms with E-state index in [9.17, 15) is 9.90 Å². The number of carboxylic acids is 1. The third-order valence-corrected chi connectivity index (χ3v) is 2.35. The van der Waals surface area contributed by atoms with E-state index in [2.05, 4.69) is 11.9 Å². The number of pyridine rings is 1. The van der Waals surface area contributed by atoms with E-state index < -0.39 is 11.7 Å². The van der Waals surface area contributed by atoms with Gasteiger partial charge in [-0.3, -0.25) is 0 Å². The van der Waals surface area contributed by atoms with Gasteiger partial charge in [0.1, 0.15) is 0 Å². The van der Waals surface area contributed by atoms with Crippen molar-refractivity contribution < 1.29 is 19.7 Å². The fourth-order valence-corrected chi connectivity index (χ4v) is 1.42. The second-order valence-electron chi connectivity index (χ2n) is 3.72. The molecule has 5 nitrogen and oxygen atoms in total. The zero-order valence-corrected chi connectivity index (χ0v) is 9.85. The lowest BCUT2D eigenvalue weighted by Crippen LogP contribution is -2.03. The number of carboxylic acid groups (broad SMARTS) is 1. The Bertz CT molecular complexity index is 379. The van der Waals surface area contributed by atoms with Gasteiger partial charge in [0.05, 0.1) is 6.61 Å². The summed E-state index contributed by atoms with van der Waals surface area (Å²) in [6.45, 7) is 2.59. The number of aromatic carboxylic acids is 1. The Kier molecular flexibility index (Phi) is 5.26. The topological polar surface area (TPSA) is 79.7 Å². The molecule has 0 aliphatic heterocycles. The quantitative estimate of drug-likeness (QED) is 0.714. The number of nitrogens with zero attached hydrogens (tertiary/aromatic N) is 1. The Balaban J connectivity index is 2.54. The third kappa shape index (κ3) is 3.94. The average Bonchev–Trinajstić information content (AvgIpc) is 2.30. The zero-order valence-electron chi connectivity index (χ0n) is 9.85. The Labute approximate surface area is 100 Å². The summed E-state index contributed by atoms with van der Waals surface area (Å²) in [5.41, 5.74) is -0.379. The maximum Gasteiger partial charge on any atom is 0.358 e. The second-order valence-corrected chi connectivity index (χ2v) is 3.72. The first-order valence-corrected chi connectivity index (χ1v) is 5.71. The predicted octanol–water partition coefficient (Wildman–Crippen LogP) is 2.44. The lowest BCUT2D eigenvalue weighted by Gasteiger charge is -2.08. The molecule has 0 bridgehead atoms. The van der Waals surface area contributed by atoms with Gasteiger partial charge in [0.15, 0.2) is 17.2 Å². The van der Waals surface area contributed by atoms with Gasteiger partial charge in [0.25, 0.3) is 0 Å². The summed E-state index contributed by atoms with van der Waals surface area (Å²) in [5, 5.41) is 18.3. The van der Waals surface area contributed by atoms with Crippen molar-refractivity contribution in [3.63, 3.8) is 0 Å². The van der Waals surface area contributed by atoms with E-state index in [4.69, 9.17) is 9.84 Å². The molecule has 1 heterocycles. The van der Waals surface area contributed by atoms with Crippen molar-refractivity contribution in [2.75, 3.05) is 6.61 Å². The highest BCUT2D eigenvalue weighted by Crippen LogP contribution is 2.28. The van der Waals surface area contributed by atoms with Crippen LogP contribution in [-0.2, 0) is 0 Å². The SMILES string of the molecule is CCCCCCOc1ccnc(C(=O)O)c1O. The van der Waals surface area contributed by atoms with Crippen LogP contribution in [0.4, 0.5) is 0 Å². The second kappa shape index (κ2) is 6.73. The van der Waals surface area contributed by atoms with E-state index in [1.807, 2.05) is 0 Å². The predicted molar refractivity (Wildman–Crippen MR) is 62.5 cm³/mol. The Morgan fingerprint density at radius 2 is 2.18 bits per heavy atom. The van der Waals surface area contributed by atoms with Crippen molar-refractivity contribution in [1.82, 2.24) is 4.98 Å². The normalized spacial score (nSPS) is 10.2. The Hall–Kier alpha value is -1.78. The van der Waals surface area contributed by atoms with Crippen LogP contribution in [0.2, 0.25) is 0 Å². The van der Waals surface area contributed by atoms with Gasteiger partial charge in [0, 0.05) is 12.3 Å². The standard InChI is InChI=1S/C12H17NO4/c1-2-3-4-5-8-17-9-6-7-13-10(11(9)14)12(15)16/h6-7,14H,2-5,8H2,1H3,(H,15,16). The number of rotatable bonds is 7. The highest BCUT2D eigenvalue weighted by Gasteiger charge is 2.15. The van der Waals surface area contributed by atoms with Crippen LogP contribution in [-0.4, -0.2) is 27.8 Å². The van der Waals surface area contributed by atoms with Gasteiger partial charge in [0.2, 0.25) is 0 Å². The van der Waals surface area contributed by atoms with E-state index in [1.165, 1.54) is 12.3 Å². The molecule has 0 radical (unpaired) electrons. The van der Waals surface area contributed by atoms with Gasteiger partial charge in [-0.25, -0.2) is 9.78 Å². The molecule has 0 saturated heterocycles. The number of hydrogen-bond acceptors (Lipinski definition) is 4. The first-order chi connectivity index (χ1) is 8.16. The summed E-state index contributed by atoms with van der Waals surface area (Å²) < 4.78 is 5.32. The van der Waals surface area contributed by atoms with Crippen LogP contribution < -0.4 is 4.74 Å². The fourth-order valence-electron chi connectivity index (χ4n) is 1.42. The van der Waals surface area contributed by atoms with E-state index in [0.29, 0.717) is 6.61 Å². The molecule has 94 valence electrons. The Morgan fingerprint density at radius 1 is 1.41 bits per heavy atom. The van der Waals surface area contributed by atoms with Gasteiger partial charge < -0.3 is 14.9 Å². The van der Waals surface area contributed by atoms with Crippen LogP contribution in [0.25, 0.3) is 0 Å². The van der Waals surface area contributed by atoms with Crippen molar-refractivity contribution in [3.05, 3.63) is 18.0 Å². The maximum absolute atomic E-state index is 10.7. The smallest absolute Gasteiger partial charge is 0.358 e. The summed E-state index contributed by atoms with van der Waals surface area (Å²) in [7, 11) is 0. The summed E-state index contributed by atoms with van der Waals surface area (Å²) in [6, 6.07) is 1.46. The summed E-state index contributed by atoms with van der Waals surface area (Å²) >= 11 is 0. The molecule has 1 aromatic heterocycles. The minimum Gasteiger partial charge on any atom is -0.503 e. The highest BCUT2D eigenvalue weighted by molar-refractivity contribution is 5.89. The summed E-state index contributed by atoms with van der Waals surface area (Å²) in [4.78, 5) is 14.3. The molecule has 1 rings (SSSR count). The van der Waals surface area contributed by atoms with Crippen molar-refractivity contribution in [2.45, 2.75) is 32.6 Å². The molecule has 0 spiro atoms. The number of unbranched alkanes of at least 4 members (excludes halogenated alkanes) is 3. The molecule has 0 unspecified atom stereocenters. The van der Waals surface area contributed by atoms with Crippen molar-refractivity contribution >= 4 is 5.97 Å². The molecule has 2 N–H and O–H groups in total. The monoisotopic (exact) mass is 239 g/mol. The van der Waals surface area contributed by atoms with Crippen LogP contribution >= 0.6 is 0 Å². The molecule has 0 saturated carbocycles. The number of carbonyl (C=O) groups is 1. The van der Waals surface area contributed by atoms with Crippen LogP contribution in [0.15, 0.2) is 12.3 Å². The van der Waals surface area contributed by atoms with E-state index in [1.54, 1.807) is 0 Å². The molecule has 0 fully saturated rings. The largest absolute Gasteiger partial charge is 0.503 e. The molecule has 0 amide bonds. The molecular weight excluding hydrogens is 222 g/mol. The molecule has 0 aliphatic carbocycles. The third-order valence-electron chi connectivity index (χ3n) is 2.35. The lowest BCUT2D eigenvalue weighted by atomic mass is 10.2. The fraction of sp³-hybridized carbons (Fsp3) is 0.500. The number of aromatic hydroxyl groups is 1. The van der Waals surface area contributed by atoms with Crippen molar-refractivity contribution in [1.29, 1.82) is 0 Å². The Morgan fingerprint density at radius 3 is 2.82 bits per heavy atom. The zero-order chi connectivity index (χ0) is 12.7. The van der Waals surface area contributed by atoms with Gasteiger partial charge in [-0.1, -0.05) is 26.2 Å². The molecule has 1 aromatic rings.